The molecular weight excluding hydrogens is 350 g/mol. The Labute approximate surface area is 155 Å². The lowest BCUT2D eigenvalue weighted by molar-refractivity contribution is -0.125. The Hall–Kier alpha value is -3.36. The Kier molecular flexibility index (Phi) is 4.06. The summed E-state index contributed by atoms with van der Waals surface area (Å²) in [5.74, 6) is -0.206. The molecule has 2 N–H and O–H groups in total. The number of methoxy groups -OCH3 is 1. The van der Waals surface area contributed by atoms with E-state index in [0.29, 0.717) is 31.7 Å². The number of imide groups is 1. The van der Waals surface area contributed by atoms with Gasteiger partial charge in [0, 0.05) is 13.1 Å². The van der Waals surface area contributed by atoms with E-state index in [9.17, 15) is 14.4 Å². The Balaban J connectivity index is 1.53. The predicted molar refractivity (Wildman–Crippen MR) is 94.7 cm³/mol. The van der Waals surface area contributed by atoms with Gasteiger partial charge in [0.1, 0.15) is 5.54 Å². The van der Waals surface area contributed by atoms with Crippen LogP contribution in [0.5, 0.6) is 5.75 Å². The number of hydrogen-bond acceptors (Lipinski definition) is 5. The maximum absolute atomic E-state index is 13.0. The summed E-state index contributed by atoms with van der Waals surface area (Å²) >= 11 is 0. The van der Waals surface area contributed by atoms with Gasteiger partial charge < -0.3 is 15.0 Å². The van der Waals surface area contributed by atoms with Crippen molar-refractivity contribution < 1.29 is 19.1 Å². The van der Waals surface area contributed by atoms with Gasteiger partial charge in [0.25, 0.3) is 11.8 Å². The molecule has 0 saturated carbocycles. The van der Waals surface area contributed by atoms with E-state index < -0.39 is 11.6 Å². The number of rotatable bonds is 3. The number of para-hydroxylation sites is 1. The molecule has 0 unspecified atom stereocenters. The molecule has 3 heterocycles. The number of likely N-dealkylation sites (tertiary alicyclic amines) is 1. The fourth-order valence-electron chi connectivity index (χ4n) is 3.49. The summed E-state index contributed by atoms with van der Waals surface area (Å²) < 4.78 is 6.93. The summed E-state index contributed by atoms with van der Waals surface area (Å²) in [6, 6.07) is 8.95. The monoisotopic (exact) mass is 369 g/mol. The maximum Gasteiger partial charge on any atom is 0.322 e. The summed E-state index contributed by atoms with van der Waals surface area (Å²) in [7, 11) is 1.49. The Morgan fingerprint density at radius 2 is 1.89 bits per heavy atom. The van der Waals surface area contributed by atoms with Crippen LogP contribution in [0.25, 0.3) is 5.69 Å². The van der Waals surface area contributed by atoms with E-state index in [0.717, 1.165) is 5.69 Å². The first-order valence-electron chi connectivity index (χ1n) is 8.64. The van der Waals surface area contributed by atoms with Crippen molar-refractivity contribution in [1.82, 2.24) is 25.3 Å². The van der Waals surface area contributed by atoms with Crippen molar-refractivity contribution >= 4 is 17.8 Å². The summed E-state index contributed by atoms with van der Waals surface area (Å²) in [6.07, 6.45) is 2.38. The molecule has 1 spiro atoms. The molecule has 2 aliphatic heterocycles. The van der Waals surface area contributed by atoms with Crippen LogP contribution in [0.3, 0.4) is 0 Å². The minimum absolute atomic E-state index is 0.220. The zero-order chi connectivity index (χ0) is 19.0. The minimum atomic E-state index is -0.915. The maximum atomic E-state index is 13.0. The Morgan fingerprint density at radius 1 is 1.19 bits per heavy atom. The molecule has 4 amide bonds. The van der Waals surface area contributed by atoms with Gasteiger partial charge in [0.05, 0.1) is 19.0 Å². The number of piperidine rings is 1. The lowest BCUT2D eigenvalue weighted by atomic mass is 9.87. The number of aromatic nitrogens is 2. The molecule has 9 heteroatoms. The lowest BCUT2D eigenvalue weighted by Crippen LogP contribution is -2.55. The minimum Gasteiger partial charge on any atom is -0.493 e. The van der Waals surface area contributed by atoms with Gasteiger partial charge in [-0.25, -0.2) is 9.48 Å². The molecule has 27 heavy (non-hydrogen) atoms. The molecule has 1 aromatic carbocycles. The molecule has 0 radical (unpaired) electrons. The Bertz CT molecular complexity index is 900. The highest BCUT2D eigenvalue weighted by Gasteiger charge is 2.48. The molecule has 0 bridgehead atoms. The van der Waals surface area contributed by atoms with Crippen LogP contribution in [0, 0.1) is 0 Å². The van der Waals surface area contributed by atoms with Crippen LogP contribution in [-0.2, 0) is 4.79 Å². The Morgan fingerprint density at radius 3 is 2.48 bits per heavy atom. The highest BCUT2D eigenvalue weighted by Crippen LogP contribution is 2.28. The summed E-state index contributed by atoms with van der Waals surface area (Å²) in [4.78, 5) is 38.1. The van der Waals surface area contributed by atoms with Crippen molar-refractivity contribution in [2.75, 3.05) is 20.2 Å². The van der Waals surface area contributed by atoms with Crippen molar-refractivity contribution in [3.05, 3.63) is 42.2 Å². The number of nitrogens with one attached hydrogen (secondary N) is 2. The first kappa shape index (κ1) is 17.1. The number of hydrogen-bond donors (Lipinski definition) is 2. The summed E-state index contributed by atoms with van der Waals surface area (Å²) in [5, 5.41) is 9.34. The average Bonchev–Trinajstić information content (AvgIpc) is 3.23. The molecule has 2 fully saturated rings. The van der Waals surface area contributed by atoms with Gasteiger partial charge in [0.15, 0.2) is 11.4 Å². The fourth-order valence-corrected chi connectivity index (χ4v) is 3.49. The first-order valence-corrected chi connectivity index (χ1v) is 8.64. The number of amides is 4. The van der Waals surface area contributed by atoms with Gasteiger partial charge in [-0.05, 0) is 25.0 Å². The predicted octanol–water partition coefficient (Wildman–Crippen LogP) is 0.695. The van der Waals surface area contributed by atoms with Gasteiger partial charge in [-0.3, -0.25) is 14.9 Å². The van der Waals surface area contributed by atoms with E-state index in [1.807, 2.05) is 30.3 Å². The highest BCUT2D eigenvalue weighted by atomic mass is 16.5. The van der Waals surface area contributed by atoms with Crippen LogP contribution in [0.1, 0.15) is 23.3 Å². The zero-order valence-corrected chi connectivity index (χ0v) is 14.8. The largest absolute Gasteiger partial charge is 0.493 e. The number of carbonyl (C=O) groups excluding carboxylic acids is 3. The second kappa shape index (κ2) is 6.42. The van der Waals surface area contributed by atoms with Gasteiger partial charge in [-0.1, -0.05) is 18.2 Å². The number of benzene rings is 1. The molecule has 0 atom stereocenters. The van der Waals surface area contributed by atoms with Crippen LogP contribution in [0.2, 0.25) is 0 Å². The van der Waals surface area contributed by atoms with Crippen LogP contribution < -0.4 is 15.4 Å². The average molecular weight is 369 g/mol. The molecular formula is C18H19N5O4. The second-order valence-electron chi connectivity index (χ2n) is 6.61. The van der Waals surface area contributed by atoms with Crippen molar-refractivity contribution in [1.29, 1.82) is 0 Å². The molecule has 2 saturated heterocycles. The van der Waals surface area contributed by atoms with Crippen LogP contribution >= 0.6 is 0 Å². The lowest BCUT2D eigenvalue weighted by Gasteiger charge is -2.36. The van der Waals surface area contributed by atoms with E-state index in [-0.39, 0.29) is 17.5 Å². The number of carbonyl (C=O) groups is 3. The number of urea groups is 1. The fraction of sp³-hybridized carbons (Fsp3) is 0.333. The van der Waals surface area contributed by atoms with E-state index in [1.54, 1.807) is 15.8 Å². The van der Waals surface area contributed by atoms with Gasteiger partial charge in [-0.2, -0.15) is 5.10 Å². The van der Waals surface area contributed by atoms with E-state index in [4.69, 9.17) is 4.74 Å². The topological polar surface area (TPSA) is 106 Å². The molecule has 140 valence electrons. The SMILES string of the molecule is COc1cn(-c2ccccc2)nc1C(=O)N1CCC2(CC1)NC(=O)NC2=O. The molecule has 1 aromatic heterocycles. The van der Waals surface area contributed by atoms with Crippen molar-refractivity contribution in [3.8, 4) is 11.4 Å². The third-order valence-electron chi connectivity index (χ3n) is 5.04. The third kappa shape index (κ3) is 2.90. The highest BCUT2D eigenvalue weighted by molar-refractivity contribution is 6.07. The first-order chi connectivity index (χ1) is 13.0. The van der Waals surface area contributed by atoms with E-state index >= 15 is 0 Å². The standard InChI is InChI=1S/C18H19N5O4/c1-27-13-11-23(12-5-3-2-4-6-12)21-14(13)15(24)22-9-7-18(8-10-22)16(25)19-17(26)20-18/h2-6,11H,7-10H2,1H3,(H2,19,20,25,26). The molecule has 2 aliphatic rings. The molecule has 0 aliphatic carbocycles. The summed E-state index contributed by atoms with van der Waals surface area (Å²) in [6.45, 7) is 0.682. The van der Waals surface area contributed by atoms with Crippen molar-refractivity contribution in [2.24, 2.45) is 0 Å². The van der Waals surface area contributed by atoms with E-state index in [2.05, 4.69) is 15.7 Å². The molecule has 4 rings (SSSR count). The van der Waals surface area contributed by atoms with E-state index in [1.165, 1.54) is 7.11 Å². The number of ether oxygens (including phenoxy) is 1. The van der Waals surface area contributed by atoms with Crippen LogP contribution in [0.15, 0.2) is 36.5 Å². The summed E-state index contributed by atoms with van der Waals surface area (Å²) in [5.41, 5.74) is 0.122. The van der Waals surface area contributed by atoms with Crippen molar-refractivity contribution in [3.63, 3.8) is 0 Å². The second-order valence-corrected chi connectivity index (χ2v) is 6.61. The van der Waals surface area contributed by atoms with Crippen LogP contribution in [-0.4, -0.2) is 58.3 Å². The molecule has 9 nitrogen and oxygen atoms in total. The zero-order valence-electron chi connectivity index (χ0n) is 14.8. The van der Waals surface area contributed by atoms with Gasteiger partial charge >= 0.3 is 6.03 Å². The van der Waals surface area contributed by atoms with Gasteiger partial charge in [0.2, 0.25) is 0 Å². The number of nitrogens with zero attached hydrogens (tertiary/aromatic N) is 3. The third-order valence-corrected chi connectivity index (χ3v) is 5.04. The quantitative estimate of drug-likeness (QED) is 0.775. The van der Waals surface area contributed by atoms with Crippen LogP contribution in [0.4, 0.5) is 4.79 Å². The normalized spacial score (nSPS) is 18.3. The molecule has 2 aromatic rings. The van der Waals surface area contributed by atoms with Crippen molar-refractivity contribution in [2.45, 2.75) is 18.4 Å². The van der Waals surface area contributed by atoms with Gasteiger partial charge in [-0.15, -0.1) is 0 Å². The smallest absolute Gasteiger partial charge is 0.322 e.